The highest BCUT2D eigenvalue weighted by atomic mass is 16.2. The molecule has 0 fully saturated rings. The molecule has 79 valence electrons. The fourth-order valence-electron chi connectivity index (χ4n) is 1.12. The third-order valence-electron chi connectivity index (χ3n) is 1.80. The molecule has 0 aliphatic rings. The zero-order chi connectivity index (χ0) is 11.3. The van der Waals surface area contributed by atoms with Crippen LogP contribution in [-0.2, 0) is 14.4 Å². The summed E-state index contributed by atoms with van der Waals surface area (Å²) in [5.41, 5.74) is 6.77. The maximum Gasteiger partial charge on any atom is 0.240 e. The zero-order valence-corrected chi connectivity index (χ0v) is 8.66. The van der Waals surface area contributed by atoms with E-state index >= 15 is 0 Å². The van der Waals surface area contributed by atoms with E-state index in [1.807, 2.05) is 0 Å². The summed E-state index contributed by atoms with van der Waals surface area (Å²) in [6.45, 7) is 1.33. The number of hydrogen-bond donors (Lipinski definition) is 0. The fourth-order valence-corrected chi connectivity index (χ4v) is 1.12. The number of rotatable bonds is 6. The minimum absolute atomic E-state index is 0.154. The molecule has 1 radical (unpaired) electrons. The van der Waals surface area contributed by atoms with Crippen LogP contribution in [0.1, 0.15) is 19.8 Å². The molecule has 1 amide bonds. The van der Waals surface area contributed by atoms with E-state index in [9.17, 15) is 14.4 Å². The molecule has 0 aliphatic carbocycles. The summed E-state index contributed by atoms with van der Waals surface area (Å²) in [5.74, 6) is -1.32. The van der Waals surface area contributed by atoms with Crippen molar-refractivity contribution < 1.29 is 14.4 Å². The molecule has 0 aliphatic heterocycles. The Morgan fingerprint density at radius 1 is 1.29 bits per heavy atom. The number of hydrogen-bond acceptors (Lipinski definition) is 4. The topological polar surface area (TPSA) is 78.2 Å². The Morgan fingerprint density at radius 2 is 1.79 bits per heavy atom. The van der Waals surface area contributed by atoms with Gasteiger partial charge in [-0.3, -0.25) is 25.0 Å². The Balaban J connectivity index is 4.41. The average molecular weight is 199 g/mol. The van der Waals surface area contributed by atoms with E-state index < -0.39 is 11.9 Å². The molecular weight excluding hydrogens is 184 g/mol. The molecule has 1 unspecified atom stereocenters. The van der Waals surface area contributed by atoms with E-state index in [-0.39, 0.29) is 24.4 Å². The van der Waals surface area contributed by atoms with Gasteiger partial charge in [0.15, 0.2) is 5.78 Å². The molecule has 0 bridgehead atoms. The molecule has 5 nitrogen and oxygen atoms in total. The van der Waals surface area contributed by atoms with E-state index in [0.717, 1.165) is 0 Å². The second kappa shape index (κ2) is 5.49. The lowest BCUT2D eigenvalue weighted by atomic mass is 10.0. The van der Waals surface area contributed by atoms with Crippen LogP contribution in [0.5, 0.6) is 0 Å². The van der Waals surface area contributed by atoms with Crippen LogP contribution in [0.4, 0.5) is 0 Å². The zero-order valence-electron chi connectivity index (χ0n) is 8.66. The van der Waals surface area contributed by atoms with Crippen LogP contribution < -0.4 is 5.73 Å². The summed E-state index contributed by atoms with van der Waals surface area (Å²) in [6.07, 6.45) is -0.324. The molecule has 14 heavy (non-hydrogen) atoms. The van der Waals surface area contributed by atoms with Crippen molar-refractivity contribution in [3.8, 4) is 0 Å². The predicted octanol–water partition coefficient (Wildman–Crippen LogP) is -0.336. The van der Waals surface area contributed by atoms with Gasteiger partial charge >= 0.3 is 0 Å². The predicted molar refractivity (Wildman–Crippen MR) is 50.5 cm³/mol. The number of ketones is 2. The summed E-state index contributed by atoms with van der Waals surface area (Å²) in [4.78, 5) is 34.2. The summed E-state index contributed by atoms with van der Waals surface area (Å²) < 4.78 is 0. The van der Waals surface area contributed by atoms with Crippen LogP contribution in [0, 0.1) is 0 Å². The smallest absolute Gasteiger partial charge is 0.240 e. The normalized spacial score (nSPS) is 12.6. The van der Waals surface area contributed by atoms with Crippen LogP contribution in [0.3, 0.4) is 0 Å². The van der Waals surface area contributed by atoms with Gasteiger partial charge in [0.25, 0.3) is 0 Å². The summed E-state index contributed by atoms with van der Waals surface area (Å²) in [6, 6.07) is -0.649. The number of likely N-dealkylation sites (N-methyl/N-ethyl adjacent to an activating group) is 1. The van der Waals surface area contributed by atoms with Crippen molar-refractivity contribution in [3.63, 3.8) is 0 Å². The van der Waals surface area contributed by atoms with Gasteiger partial charge in [-0.15, -0.1) is 0 Å². The Labute approximate surface area is 83.2 Å². The molecule has 1 atom stereocenters. The minimum atomic E-state index is -0.791. The molecule has 0 heterocycles. The number of amides is 1. The first-order valence-electron chi connectivity index (χ1n) is 4.27. The van der Waals surface area contributed by atoms with Crippen molar-refractivity contribution in [1.29, 1.82) is 0 Å². The van der Waals surface area contributed by atoms with Crippen molar-refractivity contribution in [2.75, 3.05) is 14.1 Å². The van der Waals surface area contributed by atoms with Crippen LogP contribution >= 0.6 is 0 Å². The van der Waals surface area contributed by atoms with Gasteiger partial charge in [-0.05, 0) is 21.0 Å². The maximum absolute atomic E-state index is 11.4. The van der Waals surface area contributed by atoms with Crippen molar-refractivity contribution in [2.24, 2.45) is 0 Å². The van der Waals surface area contributed by atoms with Crippen molar-refractivity contribution >= 4 is 17.5 Å². The average Bonchev–Trinajstić information content (AvgIpc) is 1.97. The van der Waals surface area contributed by atoms with Gasteiger partial charge in [-0.25, -0.2) is 0 Å². The number of nitrogens with zero attached hydrogens (tertiary/aromatic N) is 1. The third kappa shape index (κ3) is 4.71. The molecule has 0 aromatic carbocycles. The molecule has 0 aromatic heterocycles. The quantitative estimate of drug-likeness (QED) is 0.548. The van der Waals surface area contributed by atoms with Gasteiger partial charge in [0, 0.05) is 0 Å². The molecule has 0 rings (SSSR count). The van der Waals surface area contributed by atoms with Crippen molar-refractivity contribution in [3.05, 3.63) is 0 Å². The highest BCUT2D eigenvalue weighted by molar-refractivity contribution is 6.01. The van der Waals surface area contributed by atoms with Gasteiger partial charge in [0.1, 0.15) is 5.78 Å². The molecular formula is C9H15N2O3. The lowest BCUT2D eigenvalue weighted by molar-refractivity contribution is -0.131. The number of carbonyl (C=O) groups is 3. The lowest BCUT2D eigenvalue weighted by Gasteiger charge is -2.20. The SMILES string of the molecule is CC(=O)CC(=O)C(CC([NH])=O)N(C)C. The lowest BCUT2D eigenvalue weighted by Crippen LogP contribution is -2.38. The largest absolute Gasteiger partial charge is 0.300 e. The maximum atomic E-state index is 11.4. The van der Waals surface area contributed by atoms with Crippen LogP contribution in [-0.4, -0.2) is 42.5 Å². The standard InChI is InChI=1S/C9H15N2O3/c1-6(12)4-8(13)7(11(2)3)5-9(10)14/h7,10H,4-5H2,1-3H3. The Kier molecular flexibility index (Phi) is 5.01. The number of Topliss-reactive ketones (excluding diaryl/α,β-unsaturated/α-hetero) is 2. The van der Waals surface area contributed by atoms with Crippen LogP contribution in [0.2, 0.25) is 0 Å². The molecule has 1 N–H and O–H groups in total. The Bertz CT molecular complexity index is 248. The Hall–Kier alpha value is -1.23. The van der Waals surface area contributed by atoms with E-state index in [2.05, 4.69) is 0 Å². The first-order chi connectivity index (χ1) is 6.34. The van der Waals surface area contributed by atoms with Crippen LogP contribution in [0.15, 0.2) is 0 Å². The van der Waals surface area contributed by atoms with Crippen molar-refractivity contribution in [1.82, 2.24) is 10.6 Å². The second-order valence-corrected chi connectivity index (χ2v) is 3.45. The van der Waals surface area contributed by atoms with Gasteiger partial charge in [-0.2, -0.15) is 0 Å². The molecule has 0 aromatic rings. The molecule has 0 saturated heterocycles. The van der Waals surface area contributed by atoms with Crippen LogP contribution in [0.25, 0.3) is 0 Å². The van der Waals surface area contributed by atoms with Gasteiger partial charge in [0.2, 0.25) is 5.91 Å². The summed E-state index contributed by atoms with van der Waals surface area (Å²) in [7, 11) is 3.29. The number of carbonyl (C=O) groups excluding carboxylic acids is 3. The first kappa shape index (κ1) is 12.8. The third-order valence-corrected chi connectivity index (χ3v) is 1.80. The van der Waals surface area contributed by atoms with Crippen molar-refractivity contribution in [2.45, 2.75) is 25.8 Å². The van der Waals surface area contributed by atoms with Gasteiger partial charge in [-0.1, -0.05) is 0 Å². The number of nitrogens with one attached hydrogen (secondary N) is 1. The molecule has 5 heteroatoms. The second-order valence-electron chi connectivity index (χ2n) is 3.45. The summed E-state index contributed by atoms with van der Waals surface area (Å²) >= 11 is 0. The van der Waals surface area contributed by atoms with E-state index in [4.69, 9.17) is 5.73 Å². The highest BCUT2D eigenvalue weighted by Crippen LogP contribution is 2.04. The van der Waals surface area contributed by atoms with Gasteiger partial charge in [0.05, 0.1) is 18.9 Å². The van der Waals surface area contributed by atoms with E-state index in [0.29, 0.717) is 0 Å². The van der Waals surface area contributed by atoms with E-state index in [1.54, 1.807) is 19.0 Å². The molecule has 0 saturated carbocycles. The molecule has 0 spiro atoms. The minimum Gasteiger partial charge on any atom is -0.300 e. The van der Waals surface area contributed by atoms with E-state index in [1.165, 1.54) is 6.92 Å². The monoisotopic (exact) mass is 199 g/mol. The highest BCUT2D eigenvalue weighted by Gasteiger charge is 2.23. The summed E-state index contributed by atoms with van der Waals surface area (Å²) in [5, 5.41) is 0. The fraction of sp³-hybridized carbons (Fsp3) is 0.667. The Morgan fingerprint density at radius 3 is 2.07 bits per heavy atom. The van der Waals surface area contributed by atoms with Gasteiger partial charge < -0.3 is 0 Å². The first-order valence-corrected chi connectivity index (χ1v) is 4.27.